The first-order valence-electron chi connectivity index (χ1n) is 7.80. The van der Waals surface area contributed by atoms with Gasteiger partial charge in [-0.25, -0.2) is 9.98 Å². The maximum atomic E-state index is 4.60. The van der Waals surface area contributed by atoms with Crippen LogP contribution in [-0.2, 0) is 13.6 Å². The molecule has 2 N–H and O–H groups in total. The molecule has 1 fully saturated rings. The van der Waals surface area contributed by atoms with E-state index in [1.54, 1.807) is 11.0 Å². The molecule has 1 aromatic carbocycles. The van der Waals surface area contributed by atoms with Gasteiger partial charge in [-0.2, -0.15) is 5.10 Å². The van der Waals surface area contributed by atoms with E-state index in [1.165, 1.54) is 5.56 Å². The molecule has 0 spiro atoms. The van der Waals surface area contributed by atoms with E-state index in [0.29, 0.717) is 18.5 Å². The summed E-state index contributed by atoms with van der Waals surface area (Å²) >= 11 is 3.48. The van der Waals surface area contributed by atoms with Gasteiger partial charge in [-0.05, 0) is 31.0 Å². The van der Waals surface area contributed by atoms with Gasteiger partial charge in [-0.1, -0.05) is 28.1 Å². The summed E-state index contributed by atoms with van der Waals surface area (Å²) in [5.74, 6) is 2.24. The molecular weight excluding hydrogens is 356 g/mol. The molecule has 7 heteroatoms. The number of hydrogen-bond acceptors (Lipinski definition) is 3. The zero-order valence-corrected chi connectivity index (χ0v) is 14.9. The summed E-state index contributed by atoms with van der Waals surface area (Å²) < 4.78 is 2.86. The number of guanidine groups is 1. The molecule has 0 bridgehead atoms. The monoisotopic (exact) mass is 376 g/mol. The SMILES string of the molecule is CCNC(=NCc1ncnn1C)NC1CC1c1ccc(Br)cc1. The van der Waals surface area contributed by atoms with Crippen molar-refractivity contribution in [3.63, 3.8) is 0 Å². The van der Waals surface area contributed by atoms with Crippen LogP contribution in [-0.4, -0.2) is 33.3 Å². The van der Waals surface area contributed by atoms with Crippen LogP contribution in [0.25, 0.3) is 0 Å². The van der Waals surface area contributed by atoms with Crippen LogP contribution in [0.3, 0.4) is 0 Å². The molecule has 1 saturated carbocycles. The molecule has 0 radical (unpaired) electrons. The maximum Gasteiger partial charge on any atom is 0.191 e. The van der Waals surface area contributed by atoms with Crippen molar-refractivity contribution in [2.24, 2.45) is 12.0 Å². The van der Waals surface area contributed by atoms with Crippen LogP contribution in [0.5, 0.6) is 0 Å². The Hall–Kier alpha value is -1.89. The highest BCUT2D eigenvalue weighted by Crippen LogP contribution is 2.40. The number of aromatic nitrogens is 3. The van der Waals surface area contributed by atoms with E-state index in [1.807, 2.05) is 7.05 Å². The van der Waals surface area contributed by atoms with Crippen LogP contribution < -0.4 is 10.6 Å². The number of halogens is 1. The molecule has 1 aliphatic rings. The van der Waals surface area contributed by atoms with Gasteiger partial charge in [0.1, 0.15) is 18.7 Å². The number of benzene rings is 1. The van der Waals surface area contributed by atoms with Crippen molar-refractivity contribution >= 4 is 21.9 Å². The first-order valence-corrected chi connectivity index (χ1v) is 8.60. The topological polar surface area (TPSA) is 67.1 Å². The first-order chi connectivity index (χ1) is 11.2. The standard InChI is InChI=1S/C16H21BrN6/c1-3-18-16(19-9-15-20-10-21-23(15)2)22-14-8-13(14)11-4-6-12(17)7-5-11/h4-7,10,13-14H,3,8-9H2,1-2H3,(H2,18,19,22). The second-order valence-corrected chi connectivity index (χ2v) is 6.56. The number of nitrogens with one attached hydrogen (secondary N) is 2. The lowest BCUT2D eigenvalue weighted by Gasteiger charge is -2.11. The van der Waals surface area contributed by atoms with Crippen molar-refractivity contribution in [2.75, 3.05) is 6.54 Å². The number of hydrogen-bond donors (Lipinski definition) is 2. The molecule has 1 heterocycles. The fourth-order valence-corrected chi connectivity index (χ4v) is 2.81. The molecule has 0 amide bonds. The Morgan fingerprint density at radius 3 is 2.83 bits per heavy atom. The van der Waals surface area contributed by atoms with Crippen molar-refractivity contribution in [1.82, 2.24) is 25.4 Å². The fraction of sp³-hybridized carbons (Fsp3) is 0.438. The van der Waals surface area contributed by atoms with E-state index in [2.05, 4.69) is 72.8 Å². The maximum absolute atomic E-state index is 4.60. The Balaban J connectivity index is 1.60. The van der Waals surface area contributed by atoms with Crippen LogP contribution in [0.1, 0.15) is 30.7 Å². The molecule has 1 aromatic heterocycles. The lowest BCUT2D eigenvalue weighted by atomic mass is 10.1. The Kier molecular flexibility index (Phi) is 4.95. The summed E-state index contributed by atoms with van der Waals surface area (Å²) in [5, 5.41) is 10.9. The molecule has 0 aliphatic heterocycles. The van der Waals surface area contributed by atoms with Crippen LogP contribution in [0.4, 0.5) is 0 Å². The Morgan fingerprint density at radius 2 is 2.17 bits per heavy atom. The molecule has 3 rings (SSSR count). The normalized spacial score (nSPS) is 20.4. The molecule has 6 nitrogen and oxygen atoms in total. The molecule has 0 saturated heterocycles. The van der Waals surface area contributed by atoms with Gasteiger partial charge in [0.25, 0.3) is 0 Å². The molecule has 23 heavy (non-hydrogen) atoms. The van der Waals surface area contributed by atoms with E-state index in [-0.39, 0.29) is 0 Å². The third-order valence-corrected chi connectivity index (χ3v) is 4.47. The predicted molar refractivity (Wildman–Crippen MR) is 94.2 cm³/mol. The average Bonchev–Trinajstić information content (AvgIpc) is 3.18. The smallest absolute Gasteiger partial charge is 0.191 e. The van der Waals surface area contributed by atoms with E-state index in [0.717, 1.165) is 29.2 Å². The Labute approximate surface area is 144 Å². The average molecular weight is 377 g/mol. The highest BCUT2D eigenvalue weighted by molar-refractivity contribution is 9.10. The third kappa shape index (κ3) is 4.10. The molecule has 122 valence electrons. The summed E-state index contributed by atoms with van der Waals surface area (Å²) in [7, 11) is 1.88. The lowest BCUT2D eigenvalue weighted by molar-refractivity contribution is 0.696. The van der Waals surface area contributed by atoms with Crippen molar-refractivity contribution in [3.8, 4) is 0 Å². The minimum atomic E-state index is 0.438. The minimum absolute atomic E-state index is 0.438. The van der Waals surface area contributed by atoms with E-state index < -0.39 is 0 Å². The number of aryl methyl sites for hydroxylation is 1. The van der Waals surface area contributed by atoms with E-state index in [9.17, 15) is 0 Å². The Morgan fingerprint density at radius 1 is 1.39 bits per heavy atom. The van der Waals surface area contributed by atoms with Crippen molar-refractivity contribution in [1.29, 1.82) is 0 Å². The van der Waals surface area contributed by atoms with Crippen molar-refractivity contribution < 1.29 is 0 Å². The molecule has 2 atom stereocenters. The first kappa shape index (κ1) is 16.0. The Bertz CT molecular complexity index is 678. The second-order valence-electron chi connectivity index (χ2n) is 5.64. The fourth-order valence-electron chi connectivity index (χ4n) is 2.54. The second kappa shape index (κ2) is 7.12. The molecule has 2 unspecified atom stereocenters. The summed E-state index contributed by atoms with van der Waals surface area (Å²) in [6, 6.07) is 8.99. The van der Waals surface area contributed by atoms with E-state index >= 15 is 0 Å². The van der Waals surface area contributed by atoms with Crippen LogP contribution in [0, 0.1) is 0 Å². The summed E-state index contributed by atoms with van der Waals surface area (Å²) in [4.78, 5) is 8.80. The summed E-state index contributed by atoms with van der Waals surface area (Å²) in [5.41, 5.74) is 1.37. The largest absolute Gasteiger partial charge is 0.357 e. The van der Waals surface area contributed by atoms with Gasteiger partial charge in [0, 0.05) is 30.0 Å². The van der Waals surface area contributed by atoms with Crippen LogP contribution >= 0.6 is 15.9 Å². The highest BCUT2D eigenvalue weighted by Gasteiger charge is 2.38. The quantitative estimate of drug-likeness (QED) is 0.619. The summed E-state index contributed by atoms with van der Waals surface area (Å²) in [6.45, 7) is 3.42. The zero-order valence-electron chi connectivity index (χ0n) is 13.3. The molecule has 2 aromatic rings. The lowest BCUT2D eigenvalue weighted by Crippen LogP contribution is -2.39. The summed E-state index contributed by atoms with van der Waals surface area (Å²) in [6.07, 6.45) is 2.69. The minimum Gasteiger partial charge on any atom is -0.357 e. The van der Waals surface area contributed by atoms with Crippen LogP contribution in [0.15, 0.2) is 40.1 Å². The number of nitrogens with zero attached hydrogens (tertiary/aromatic N) is 4. The van der Waals surface area contributed by atoms with Gasteiger partial charge in [0.2, 0.25) is 0 Å². The number of aliphatic imine (C=N–C) groups is 1. The van der Waals surface area contributed by atoms with Gasteiger partial charge in [-0.3, -0.25) is 4.68 Å². The zero-order chi connectivity index (χ0) is 16.2. The van der Waals surface area contributed by atoms with Gasteiger partial charge in [0.05, 0.1) is 0 Å². The van der Waals surface area contributed by atoms with Gasteiger partial charge in [0.15, 0.2) is 5.96 Å². The van der Waals surface area contributed by atoms with Gasteiger partial charge >= 0.3 is 0 Å². The highest BCUT2D eigenvalue weighted by atomic mass is 79.9. The van der Waals surface area contributed by atoms with Gasteiger partial charge in [-0.15, -0.1) is 0 Å². The third-order valence-electron chi connectivity index (χ3n) is 3.94. The molecule has 1 aliphatic carbocycles. The predicted octanol–water partition coefficient (Wildman–Crippen LogP) is 2.19. The van der Waals surface area contributed by atoms with Crippen molar-refractivity contribution in [2.45, 2.75) is 31.8 Å². The van der Waals surface area contributed by atoms with Gasteiger partial charge < -0.3 is 10.6 Å². The molecular formula is C16H21BrN6. The van der Waals surface area contributed by atoms with E-state index in [4.69, 9.17) is 0 Å². The van der Waals surface area contributed by atoms with Crippen molar-refractivity contribution in [3.05, 3.63) is 46.5 Å². The van der Waals surface area contributed by atoms with Crippen LogP contribution in [0.2, 0.25) is 0 Å². The number of rotatable bonds is 5.